The molecule has 2 aromatic carbocycles. The molecule has 0 radical (unpaired) electrons. The van der Waals surface area contributed by atoms with E-state index in [1.165, 1.54) is 24.3 Å². The number of H-pyrrole nitrogens is 1. The number of rotatable bonds is 3. The molecule has 0 atom stereocenters. The monoisotopic (exact) mass is 375 g/mol. The van der Waals surface area contributed by atoms with E-state index >= 15 is 0 Å². The second kappa shape index (κ2) is 6.30. The molecule has 140 valence electrons. The van der Waals surface area contributed by atoms with Gasteiger partial charge in [0, 0.05) is 11.5 Å². The van der Waals surface area contributed by atoms with Gasteiger partial charge in [-0.2, -0.15) is 5.10 Å². The topological polar surface area (TPSA) is 89.7 Å². The van der Waals surface area contributed by atoms with Crippen molar-refractivity contribution in [2.24, 2.45) is 0 Å². The zero-order chi connectivity index (χ0) is 19.3. The van der Waals surface area contributed by atoms with Crippen molar-refractivity contribution in [1.29, 1.82) is 0 Å². The summed E-state index contributed by atoms with van der Waals surface area (Å²) in [7, 11) is 1.42. The molecule has 0 bridgehead atoms. The van der Waals surface area contributed by atoms with Crippen LogP contribution in [-0.4, -0.2) is 27.3 Å². The highest BCUT2D eigenvalue weighted by Crippen LogP contribution is 2.36. The van der Waals surface area contributed by atoms with E-state index in [1.807, 2.05) is 0 Å². The largest absolute Gasteiger partial charge is 0.494 e. The van der Waals surface area contributed by atoms with Crippen LogP contribution in [0.15, 0.2) is 42.5 Å². The van der Waals surface area contributed by atoms with E-state index in [-0.39, 0.29) is 11.7 Å². The van der Waals surface area contributed by atoms with Crippen molar-refractivity contribution in [2.45, 2.75) is 18.8 Å². The molecule has 1 aliphatic rings. The Bertz CT molecular complexity index is 1180. The maximum absolute atomic E-state index is 13.7. The van der Waals surface area contributed by atoms with Crippen molar-refractivity contribution in [1.82, 2.24) is 20.2 Å². The second-order valence-electron chi connectivity index (χ2n) is 6.99. The highest BCUT2D eigenvalue weighted by atomic mass is 19.1. The number of nitrogens with zero attached hydrogens (tertiary/aromatic N) is 3. The molecule has 0 unspecified atom stereocenters. The van der Waals surface area contributed by atoms with Crippen molar-refractivity contribution in [3.8, 4) is 17.0 Å². The number of ether oxygens (including phenoxy) is 1. The maximum atomic E-state index is 13.7. The lowest BCUT2D eigenvalue weighted by atomic mass is 10.0. The fraction of sp³-hybridized carbons (Fsp3) is 0.190. The molecule has 0 saturated heterocycles. The predicted molar refractivity (Wildman–Crippen MR) is 105 cm³/mol. The maximum Gasteiger partial charge on any atom is 0.165 e. The minimum atomic E-state index is -0.432. The van der Waals surface area contributed by atoms with Gasteiger partial charge in [-0.25, -0.2) is 14.4 Å². The van der Waals surface area contributed by atoms with E-state index in [4.69, 9.17) is 15.5 Å². The Labute approximate surface area is 160 Å². The Kier molecular flexibility index (Phi) is 3.75. The number of fused-ring (bicyclic) bond motifs is 2. The Hall–Kier alpha value is -3.48. The highest BCUT2D eigenvalue weighted by molar-refractivity contribution is 5.98. The quantitative estimate of drug-likeness (QED) is 0.571. The van der Waals surface area contributed by atoms with Crippen LogP contribution in [0.1, 0.15) is 22.9 Å². The lowest BCUT2D eigenvalue weighted by Crippen LogP contribution is -2.07. The van der Waals surface area contributed by atoms with Crippen LogP contribution >= 0.6 is 0 Å². The van der Waals surface area contributed by atoms with Gasteiger partial charge in [0.1, 0.15) is 17.3 Å². The molecule has 2 aromatic heterocycles. The molecule has 2 heterocycles. The number of nitrogens with one attached hydrogen (secondary N) is 1. The second-order valence-corrected chi connectivity index (χ2v) is 6.99. The van der Waals surface area contributed by atoms with Gasteiger partial charge in [-0.05, 0) is 42.2 Å². The van der Waals surface area contributed by atoms with Gasteiger partial charge < -0.3 is 10.5 Å². The minimum absolute atomic E-state index is 0.147. The first-order valence-corrected chi connectivity index (χ1v) is 9.06. The summed E-state index contributed by atoms with van der Waals surface area (Å²) >= 11 is 0. The normalized spacial score (nSPS) is 13.8. The van der Waals surface area contributed by atoms with Gasteiger partial charge in [0.25, 0.3) is 0 Å². The smallest absolute Gasteiger partial charge is 0.165 e. The van der Waals surface area contributed by atoms with Crippen LogP contribution < -0.4 is 10.5 Å². The van der Waals surface area contributed by atoms with Crippen LogP contribution in [0.2, 0.25) is 0 Å². The Morgan fingerprint density at radius 2 is 1.86 bits per heavy atom. The number of aromatic amines is 1. The van der Waals surface area contributed by atoms with Crippen LogP contribution in [0.3, 0.4) is 0 Å². The molecule has 0 aliphatic heterocycles. The lowest BCUT2D eigenvalue weighted by Gasteiger charge is -2.09. The van der Waals surface area contributed by atoms with Gasteiger partial charge in [-0.1, -0.05) is 24.3 Å². The molecular weight excluding hydrogens is 357 g/mol. The fourth-order valence-corrected chi connectivity index (χ4v) is 3.92. The van der Waals surface area contributed by atoms with Crippen molar-refractivity contribution in [3.05, 3.63) is 65.2 Å². The molecule has 0 spiro atoms. The first-order chi connectivity index (χ1) is 13.6. The number of nitrogens with two attached hydrogens (primary N) is 1. The zero-order valence-corrected chi connectivity index (χ0v) is 15.2. The average Bonchev–Trinajstić information content (AvgIpc) is 3.32. The summed E-state index contributed by atoms with van der Waals surface area (Å²) in [6.45, 7) is 0. The van der Waals surface area contributed by atoms with E-state index in [0.29, 0.717) is 33.9 Å². The molecule has 5 rings (SSSR count). The summed E-state index contributed by atoms with van der Waals surface area (Å²) in [5.41, 5.74) is 10.8. The van der Waals surface area contributed by atoms with Crippen LogP contribution in [0.25, 0.3) is 22.3 Å². The van der Waals surface area contributed by atoms with Gasteiger partial charge in [-0.15, -0.1) is 0 Å². The minimum Gasteiger partial charge on any atom is -0.494 e. The third-order valence-corrected chi connectivity index (χ3v) is 5.31. The van der Waals surface area contributed by atoms with Crippen LogP contribution in [0, 0.1) is 5.82 Å². The van der Waals surface area contributed by atoms with Crippen LogP contribution in [0.5, 0.6) is 5.75 Å². The summed E-state index contributed by atoms with van der Waals surface area (Å²) in [6, 6.07) is 13.0. The Morgan fingerprint density at radius 3 is 2.57 bits per heavy atom. The van der Waals surface area contributed by atoms with Gasteiger partial charge in [0.15, 0.2) is 17.2 Å². The summed E-state index contributed by atoms with van der Waals surface area (Å²) in [4.78, 5) is 9.28. The summed E-state index contributed by atoms with van der Waals surface area (Å²) in [5, 5.41) is 7.93. The number of benzene rings is 2. The Morgan fingerprint density at radius 1 is 1.11 bits per heavy atom. The molecule has 0 fully saturated rings. The molecular formula is C21H18FN5O. The van der Waals surface area contributed by atoms with Gasteiger partial charge in [-0.3, -0.25) is 5.10 Å². The van der Waals surface area contributed by atoms with Gasteiger partial charge in [0.2, 0.25) is 0 Å². The van der Waals surface area contributed by atoms with E-state index in [2.05, 4.69) is 39.4 Å². The number of methoxy groups -OCH3 is 1. The average molecular weight is 375 g/mol. The molecule has 1 aliphatic carbocycles. The van der Waals surface area contributed by atoms with E-state index in [1.54, 1.807) is 12.1 Å². The molecule has 4 aromatic rings. The first-order valence-electron chi connectivity index (χ1n) is 9.06. The van der Waals surface area contributed by atoms with E-state index in [9.17, 15) is 4.39 Å². The summed E-state index contributed by atoms with van der Waals surface area (Å²) in [5.74, 6) is 0.990. The molecule has 0 amide bonds. The molecule has 0 saturated carbocycles. The van der Waals surface area contributed by atoms with E-state index in [0.717, 1.165) is 12.8 Å². The number of hydrogen-bond acceptors (Lipinski definition) is 5. The zero-order valence-electron chi connectivity index (χ0n) is 15.2. The van der Waals surface area contributed by atoms with Crippen LogP contribution in [0.4, 0.5) is 10.2 Å². The van der Waals surface area contributed by atoms with Crippen molar-refractivity contribution in [2.75, 3.05) is 12.8 Å². The van der Waals surface area contributed by atoms with Gasteiger partial charge >= 0.3 is 0 Å². The summed E-state index contributed by atoms with van der Waals surface area (Å²) < 4.78 is 18.8. The standard InChI is InChI=1S/C21H18FN5O/c1-28-16-10-13(6-7-15(16)22)18-17-19(23)24-20(25-21(17)27-26-18)14-8-11-4-2-3-5-12(11)9-14/h2-7,10,14H,8-9H2,1H3,(H3,23,24,25,26,27). The van der Waals surface area contributed by atoms with Crippen molar-refractivity contribution < 1.29 is 9.13 Å². The number of anilines is 1. The number of nitrogen functional groups attached to an aromatic ring is 1. The first kappa shape index (κ1) is 16.7. The summed E-state index contributed by atoms with van der Waals surface area (Å²) in [6.07, 6.45) is 1.80. The predicted octanol–water partition coefficient (Wildman–Crippen LogP) is 3.63. The van der Waals surface area contributed by atoms with Crippen LogP contribution in [-0.2, 0) is 12.8 Å². The molecule has 6 nitrogen and oxygen atoms in total. The molecule has 28 heavy (non-hydrogen) atoms. The lowest BCUT2D eigenvalue weighted by molar-refractivity contribution is 0.387. The SMILES string of the molecule is COc1cc(-c2n[nH]c3nc(C4Cc5ccccc5C4)nc(N)c23)ccc1F. The van der Waals surface area contributed by atoms with Gasteiger partial charge in [0.05, 0.1) is 12.5 Å². The number of hydrogen-bond donors (Lipinski definition) is 2. The third-order valence-electron chi connectivity index (χ3n) is 5.31. The highest BCUT2D eigenvalue weighted by Gasteiger charge is 2.26. The Balaban J connectivity index is 1.56. The van der Waals surface area contributed by atoms with Crippen molar-refractivity contribution in [3.63, 3.8) is 0 Å². The molecule has 3 N–H and O–H groups in total. The number of aromatic nitrogens is 4. The number of halogens is 1. The van der Waals surface area contributed by atoms with E-state index < -0.39 is 5.82 Å². The fourth-order valence-electron chi connectivity index (χ4n) is 3.92. The third kappa shape index (κ3) is 2.58. The molecule has 7 heteroatoms. The van der Waals surface area contributed by atoms with Crippen molar-refractivity contribution >= 4 is 16.9 Å².